The Morgan fingerprint density at radius 3 is 2.92 bits per heavy atom. The summed E-state index contributed by atoms with van der Waals surface area (Å²) in [5, 5.41) is 3.24. The van der Waals surface area contributed by atoms with Crippen LogP contribution in [0.15, 0.2) is 12.3 Å². The van der Waals surface area contributed by atoms with Gasteiger partial charge in [-0.25, -0.2) is 10.8 Å². The molecule has 6 heteroatoms. The van der Waals surface area contributed by atoms with Gasteiger partial charge in [-0.05, 0) is 6.07 Å². The topological polar surface area (TPSA) is 80.0 Å². The highest BCUT2D eigenvalue weighted by molar-refractivity contribution is 6.30. The van der Waals surface area contributed by atoms with Crippen molar-refractivity contribution in [3.05, 3.63) is 23.0 Å². The van der Waals surface area contributed by atoms with E-state index < -0.39 is 5.91 Å². The summed E-state index contributed by atoms with van der Waals surface area (Å²) in [5.41, 5.74) is 2.75. The number of carbonyl (C=O) groups is 1. The first-order chi connectivity index (χ1) is 6.19. The van der Waals surface area contributed by atoms with Crippen molar-refractivity contribution >= 4 is 23.2 Å². The lowest BCUT2D eigenvalue weighted by Gasteiger charge is -2.06. The molecule has 0 saturated heterocycles. The molecule has 1 heterocycles. The number of amides is 1. The van der Waals surface area contributed by atoms with Crippen molar-refractivity contribution in [3.8, 4) is 0 Å². The zero-order valence-corrected chi connectivity index (χ0v) is 7.72. The molecule has 0 fully saturated rings. The molecule has 0 spiro atoms. The number of pyridine rings is 1. The highest BCUT2D eigenvalue weighted by Gasteiger charge is 2.10. The number of nitrogens with one attached hydrogen (secondary N) is 2. The molecular formula is C7H9ClN4O. The predicted molar refractivity (Wildman–Crippen MR) is 50.4 cm³/mol. The standard InChI is InChI=1S/C7H9ClN4O/c1-10-5-2-4(8)3-11-6(5)7(13)12-9/h2-3,10H,9H2,1H3,(H,12,13). The van der Waals surface area contributed by atoms with E-state index in [1.807, 2.05) is 5.43 Å². The molecule has 0 unspecified atom stereocenters. The average molecular weight is 201 g/mol. The van der Waals surface area contributed by atoms with Gasteiger partial charge in [0.2, 0.25) is 0 Å². The zero-order chi connectivity index (χ0) is 9.84. The summed E-state index contributed by atoms with van der Waals surface area (Å²) >= 11 is 5.68. The quantitative estimate of drug-likeness (QED) is 0.366. The van der Waals surface area contributed by atoms with Gasteiger partial charge in [0.15, 0.2) is 5.69 Å². The second-order valence-electron chi connectivity index (χ2n) is 2.27. The molecule has 70 valence electrons. The average Bonchev–Trinajstić information content (AvgIpc) is 2.16. The highest BCUT2D eigenvalue weighted by atomic mass is 35.5. The molecule has 1 rings (SSSR count). The molecule has 0 saturated carbocycles. The van der Waals surface area contributed by atoms with Crippen molar-refractivity contribution in [1.29, 1.82) is 0 Å². The van der Waals surface area contributed by atoms with E-state index in [9.17, 15) is 4.79 Å². The Hall–Kier alpha value is -1.33. The lowest BCUT2D eigenvalue weighted by Crippen LogP contribution is -2.31. The molecule has 0 bridgehead atoms. The van der Waals surface area contributed by atoms with E-state index in [1.54, 1.807) is 13.1 Å². The van der Waals surface area contributed by atoms with Gasteiger partial charge in [0, 0.05) is 13.2 Å². The van der Waals surface area contributed by atoms with Crippen molar-refractivity contribution < 1.29 is 4.79 Å². The first kappa shape index (κ1) is 9.76. The van der Waals surface area contributed by atoms with Crippen LogP contribution in [0.1, 0.15) is 10.5 Å². The maximum absolute atomic E-state index is 11.1. The molecular weight excluding hydrogens is 192 g/mol. The van der Waals surface area contributed by atoms with E-state index in [0.717, 1.165) is 0 Å². The van der Waals surface area contributed by atoms with Crippen LogP contribution in [0.4, 0.5) is 5.69 Å². The number of hydrogen-bond acceptors (Lipinski definition) is 4. The zero-order valence-electron chi connectivity index (χ0n) is 6.97. The van der Waals surface area contributed by atoms with Crippen LogP contribution in [0.3, 0.4) is 0 Å². The molecule has 0 aliphatic carbocycles. The maximum Gasteiger partial charge on any atom is 0.285 e. The number of nitrogens with two attached hydrogens (primary N) is 1. The van der Waals surface area contributed by atoms with Crippen molar-refractivity contribution in [3.63, 3.8) is 0 Å². The van der Waals surface area contributed by atoms with Gasteiger partial charge in [-0.1, -0.05) is 11.6 Å². The predicted octanol–water partition coefficient (Wildman–Crippen LogP) is 0.380. The molecule has 1 amide bonds. The number of hydrazine groups is 1. The number of nitrogens with zero attached hydrogens (tertiary/aromatic N) is 1. The number of halogens is 1. The van der Waals surface area contributed by atoms with Gasteiger partial charge in [0.05, 0.1) is 10.7 Å². The molecule has 5 nitrogen and oxygen atoms in total. The van der Waals surface area contributed by atoms with Crippen LogP contribution in [-0.4, -0.2) is 17.9 Å². The van der Waals surface area contributed by atoms with E-state index in [1.165, 1.54) is 6.20 Å². The van der Waals surface area contributed by atoms with Crippen LogP contribution in [0.5, 0.6) is 0 Å². The minimum absolute atomic E-state index is 0.217. The molecule has 4 N–H and O–H groups in total. The van der Waals surface area contributed by atoms with E-state index in [0.29, 0.717) is 10.7 Å². The van der Waals surface area contributed by atoms with Crippen LogP contribution >= 0.6 is 11.6 Å². The van der Waals surface area contributed by atoms with E-state index >= 15 is 0 Å². The van der Waals surface area contributed by atoms with Crippen LogP contribution in [-0.2, 0) is 0 Å². The van der Waals surface area contributed by atoms with Crippen molar-refractivity contribution in [2.24, 2.45) is 5.84 Å². The highest BCUT2D eigenvalue weighted by Crippen LogP contribution is 2.17. The number of rotatable bonds is 2. The molecule has 0 radical (unpaired) electrons. The normalized spacial score (nSPS) is 9.46. The van der Waals surface area contributed by atoms with Crippen molar-refractivity contribution in [2.75, 3.05) is 12.4 Å². The molecule has 13 heavy (non-hydrogen) atoms. The first-order valence-corrected chi connectivity index (χ1v) is 3.91. The van der Waals surface area contributed by atoms with Gasteiger partial charge < -0.3 is 5.32 Å². The lowest BCUT2D eigenvalue weighted by molar-refractivity contribution is 0.0949. The number of hydrogen-bond donors (Lipinski definition) is 3. The third kappa shape index (κ3) is 2.07. The van der Waals surface area contributed by atoms with E-state index in [4.69, 9.17) is 17.4 Å². The monoisotopic (exact) mass is 200 g/mol. The van der Waals surface area contributed by atoms with Crippen LogP contribution < -0.4 is 16.6 Å². The van der Waals surface area contributed by atoms with Crippen molar-refractivity contribution in [2.45, 2.75) is 0 Å². The van der Waals surface area contributed by atoms with Gasteiger partial charge in [0.25, 0.3) is 5.91 Å². The first-order valence-electron chi connectivity index (χ1n) is 3.53. The SMILES string of the molecule is CNc1cc(Cl)cnc1C(=O)NN. The van der Waals surface area contributed by atoms with Gasteiger partial charge in [0.1, 0.15) is 0 Å². The second-order valence-corrected chi connectivity index (χ2v) is 2.71. The number of aromatic nitrogens is 1. The summed E-state index contributed by atoms with van der Waals surface area (Å²) in [6, 6.07) is 1.60. The number of nitrogen functional groups attached to an aromatic ring is 1. The molecule has 0 aromatic carbocycles. The van der Waals surface area contributed by atoms with Crippen molar-refractivity contribution in [1.82, 2.24) is 10.4 Å². The van der Waals surface area contributed by atoms with Crippen LogP contribution in [0.25, 0.3) is 0 Å². The maximum atomic E-state index is 11.1. The number of anilines is 1. The molecule has 0 aliphatic rings. The Balaban J connectivity index is 3.13. The Morgan fingerprint density at radius 2 is 2.38 bits per heavy atom. The third-order valence-electron chi connectivity index (χ3n) is 1.47. The Morgan fingerprint density at radius 1 is 1.69 bits per heavy atom. The fourth-order valence-corrected chi connectivity index (χ4v) is 1.04. The van der Waals surface area contributed by atoms with Gasteiger partial charge >= 0.3 is 0 Å². The summed E-state index contributed by atoms with van der Waals surface area (Å²) in [6.45, 7) is 0. The minimum atomic E-state index is -0.457. The van der Waals surface area contributed by atoms with Gasteiger partial charge in [-0.2, -0.15) is 0 Å². The summed E-state index contributed by atoms with van der Waals surface area (Å²) in [6.07, 6.45) is 1.38. The third-order valence-corrected chi connectivity index (χ3v) is 1.68. The summed E-state index contributed by atoms with van der Waals surface area (Å²) in [5.74, 6) is 4.51. The Bertz CT molecular complexity index is 328. The van der Waals surface area contributed by atoms with Crippen LogP contribution in [0.2, 0.25) is 5.02 Å². The Labute approximate surface area is 80.3 Å². The van der Waals surface area contributed by atoms with E-state index in [2.05, 4.69) is 10.3 Å². The smallest absolute Gasteiger partial charge is 0.285 e. The summed E-state index contributed by atoms with van der Waals surface area (Å²) in [4.78, 5) is 15.0. The molecule has 0 aliphatic heterocycles. The number of carbonyl (C=O) groups excluding carboxylic acids is 1. The molecule has 0 atom stereocenters. The molecule has 1 aromatic rings. The molecule has 1 aromatic heterocycles. The fourth-order valence-electron chi connectivity index (χ4n) is 0.879. The van der Waals surface area contributed by atoms with Gasteiger partial charge in [-0.15, -0.1) is 0 Å². The van der Waals surface area contributed by atoms with Crippen LogP contribution in [0, 0.1) is 0 Å². The second kappa shape index (κ2) is 4.06. The summed E-state index contributed by atoms with van der Waals surface area (Å²) in [7, 11) is 1.67. The Kier molecular flexibility index (Phi) is 3.05. The largest absolute Gasteiger partial charge is 0.386 e. The van der Waals surface area contributed by atoms with E-state index in [-0.39, 0.29) is 5.69 Å². The van der Waals surface area contributed by atoms with Gasteiger partial charge in [-0.3, -0.25) is 10.2 Å². The lowest BCUT2D eigenvalue weighted by atomic mass is 10.3. The summed E-state index contributed by atoms with van der Waals surface area (Å²) < 4.78 is 0. The fraction of sp³-hybridized carbons (Fsp3) is 0.143. The minimum Gasteiger partial charge on any atom is -0.386 e.